The summed E-state index contributed by atoms with van der Waals surface area (Å²) in [7, 11) is 0. The molecule has 1 nitrogen and oxygen atoms in total. The van der Waals surface area contributed by atoms with Gasteiger partial charge in [0.2, 0.25) is 0 Å². The van der Waals surface area contributed by atoms with Gasteiger partial charge in [0.15, 0.2) is 0 Å². The van der Waals surface area contributed by atoms with E-state index in [4.69, 9.17) is 5.41 Å². The molecule has 0 saturated carbocycles. The van der Waals surface area contributed by atoms with Gasteiger partial charge in [0.05, 0.1) is 0 Å². The topological polar surface area (TPSA) is 23.9 Å². The van der Waals surface area contributed by atoms with Gasteiger partial charge in [-0.15, -0.1) is 0 Å². The minimum absolute atomic E-state index is 1.02. The largest absolute Gasteiger partial charge is 0.308 e. The Kier molecular flexibility index (Phi) is 2.08. The van der Waals surface area contributed by atoms with E-state index in [1.54, 1.807) is 0 Å². The highest BCUT2D eigenvalue weighted by Crippen LogP contribution is 2.12. The predicted molar refractivity (Wildman–Crippen MR) is 48.5 cm³/mol. The molecule has 1 heteroatoms. The molecule has 0 aliphatic rings. The Morgan fingerprint density at radius 1 is 1.00 bits per heavy atom. The molecule has 0 aliphatic carbocycles. The SMILES string of the molecule is Cc1cc(C)c(C=N)cc1C. The number of hydrogen-bond acceptors (Lipinski definition) is 1. The fourth-order valence-corrected chi connectivity index (χ4v) is 1.14. The molecule has 0 saturated heterocycles. The van der Waals surface area contributed by atoms with E-state index in [2.05, 4.69) is 26.0 Å². The van der Waals surface area contributed by atoms with Gasteiger partial charge in [-0.25, -0.2) is 0 Å². The molecular weight excluding hydrogens is 134 g/mol. The zero-order valence-electron chi connectivity index (χ0n) is 7.23. The summed E-state index contributed by atoms with van der Waals surface area (Å²) in [4.78, 5) is 0. The maximum Gasteiger partial charge on any atom is 0.0253 e. The summed E-state index contributed by atoms with van der Waals surface area (Å²) >= 11 is 0. The second kappa shape index (κ2) is 2.87. The summed E-state index contributed by atoms with van der Waals surface area (Å²) in [6.45, 7) is 6.20. The van der Waals surface area contributed by atoms with Gasteiger partial charge in [-0.1, -0.05) is 6.07 Å². The van der Waals surface area contributed by atoms with Crippen molar-refractivity contribution in [3.8, 4) is 0 Å². The van der Waals surface area contributed by atoms with Crippen LogP contribution in [0.4, 0.5) is 0 Å². The Labute approximate surface area is 67.6 Å². The lowest BCUT2D eigenvalue weighted by molar-refractivity contribution is 1.29. The van der Waals surface area contributed by atoms with Crippen LogP contribution < -0.4 is 0 Å². The summed E-state index contributed by atoms with van der Waals surface area (Å²) in [6, 6.07) is 4.17. The molecule has 1 N–H and O–H groups in total. The zero-order chi connectivity index (χ0) is 8.43. The quantitative estimate of drug-likeness (QED) is 0.590. The fourth-order valence-electron chi connectivity index (χ4n) is 1.14. The van der Waals surface area contributed by atoms with Gasteiger partial charge in [-0.05, 0) is 49.1 Å². The first-order valence-corrected chi connectivity index (χ1v) is 3.73. The zero-order valence-corrected chi connectivity index (χ0v) is 7.23. The predicted octanol–water partition coefficient (Wildman–Crippen LogP) is 2.61. The number of benzene rings is 1. The molecule has 0 unspecified atom stereocenters. The molecule has 0 amide bonds. The minimum atomic E-state index is 1.02. The standard InChI is InChI=1S/C10H13N/c1-7-4-9(3)10(6-11)5-8(7)2/h4-6,11H,1-3H3. The lowest BCUT2D eigenvalue weighted by Crippen LogP contribution is -1.90. The Morgan fingerprint density at radius 3 is 2.09 bits per heavy atom. The Hall–Kier alpha value is -1.11. The van der Waals surface area contributed by atoms with Crippen LogP contribution in [0.1, 0.15) is 22.3 Å². The van der Waals surface area contributed by atoms with Gasteiger partial charge in [-0.2, -0.15) is 0 Å². The molecule has 0 spiro atoms. The third-order valence-electron chi connectivity index (χ3n) is 2.04. The van der Waals surface area contributed by atoms with Crippen LogP contribution in [0.2, 0.25) is 0 Å². The van der Waals surface area contributed by atoms with Crippen LogP contribution in [0.3, 0.4) is 0 Å². The molecule has 0 atom stereocenters. The van der Waals surface area contributed by atoms with Crippen molar-refractivity contribution in [1.29, 1.82) is 5.41 Å². The van der Waals surface area contributed by atoms with Crippen LogP contribution in [0.15, 0.2) is 12.1 Å². The van der Waals surface area contributed by atoms with Gasteiger partial charge in [0, 0.05) is 6.21 Å². The molecule has 0 aliphatic heterocycles. The molecule has 58 valence electrons. The van der Waals surface area contributed by atoms with E-state index in [1.165, 1.54) is 22.9 Å². The third-order valence-corrected chi connectivity index (χ3v) is 2.04. The van der Waals surface area contributed by atoms with E-state index in [0.717, 1.165) is 5.56 Å². The number of aryl methyl sites for hydroxylation is 3. The molecule has 11 heavy (non-hydrogen) atoms. The van der Waals surface area contributed by atoms with E-state index in [-0.39, 0.29) is 0 Å². The normalized spacial score (nSPS) is 9.73. The van der Waals surface area contributed by atoms with Crippen molar-refractivity contribution >= 4 is 6.21 Å². The van der Waals surface area contributed by atoms with Crippen LogP contribution in [0.5, 0.6) is 0 Å². The average Bonchev–Trinajstić information content (AvgIpc) is 1.97. The Balaban J connectivity index is 3.31. The van der Waals surface area contributed by atoms with Gasteiger partial charge in [0.25, 0.3) is 0 Å². The molecule has 0 aromatic heterocycles. The van der Waals surface area contributed by atoms with Gasteiger partial charge < -0.3 is 5.41 Å². The molecular formula is C10H13N. The molecule has 1 rings (SSSR count). The van der Waals surface area contributed by atoms with Crippen LogP contribution in [0, 0.1) is 26.2 Å². The summed E-state index contributed by atoms with van der Waals surface area (Å²) in [5.74, 6) is 0. The minimum Gasteiger partial charge on any atom is -0.308 e. The number of rotatable bonds is 1. The average molecular weight is 147 g/mol. The van der Waals surface area contributed by atoms with Crippen molar-refractivity contribution in [2.45, 2.75) is 20.8 Å². The highest BCUT2D eigenvalue weighted by atomic mass is 14.3. The lowest BCUT2D eigenvalue weighted by atomic mass is 10.0. The van der Waals surface area contributed by atoms with E-state index in [0.29, 0.717) is 0 Å². The maximum absolute atomic E-state index is 7.13. The highest BCUT2D eigenvalue weighted by molar-refractivity contribution is 5.79. The molecule has 0 bridgehead atoms. The van der Waals surface area contributed by atoms with E-state index >= 15 is 0 Å². The van der Waals surface area contributed by atoms with Crippen molar-refractivity contribution in [2.24, 2.45) is 0 Å². The van der Waals surface area contributed by atoms with Gasteiger partial charge >= 0.3 is 0 Å². The second-order valence-electron chi connectivity index (χ2n) is 2.94. The van der Waals surface area contributed by atoms with Crippen molar-refractivity contribution in [1.82, 2.24) is 0 Å². The van der Waals surface area contributed by atoms with Gasteiger partial charge in [0.1, 0.15) is 0 Å². The van der Waals surface area contributed by atoms with Crippen molar-refractivity contribution in [3.63, 3.8) is 0 Å². The van der Waals surface area contributed by atoms with Crippen LogP contribution in [0.25, 0.3) is 0 Å². The van der Waals surface area contributed by atoms with E-state index in [9.17, 15) is 0 Å². The number of hydrogen-bond donors (Lipinski definition) is 1. The van der Waals surface area contributed by atoms with Crippen LogP contribution in [-0.2, 0) is 0 Å². The summed E-state index contributed by atoms with van der Waals surface area (Å²) in [6.07, 6.45) is 1.40. The van der Waals surface area contributed by atoms with Crippen LogP contribution in [-0.4, -0.2) is 6.21 Å². The maximum atomic E-state index is 7.13. The third kappa shape index (κ3) is 1.48. The molecule has 1 aromatic carbocycles. The highest BCUT2D eigenvalue weighted by Gasteiger charge is 1.97. The van der Waals surface area contributed by atoms with Crippen molar-refractivity contribution < 1.29 is 0 Å². The smallest absolute Gasteiger partial charge is 0.0253 e. The molecule has 0 fully saturated rings. The molecule has 0 heterocycles. The van der Waals surface area contributed by atoms with Crippen molar-refractivity contribution in [2.75, 3.05) is 0 Å². The first kappa shape index (κ1) is 7.99. The summed E-state index contributed by atoms with van der Waals surface area (Å²) < 4.78 is 0. The fraction of sp³-hybridized carbons (Fsp3) is 0.300. The Morgan fingerprint density at radius 2 is 1.55 bits per heavy atom. The Bertz CT molecular complexity index is 287. The first-order chi connectivity index (χ1) is 5.15. The van der Waals surface area contributed by atoms with Crippen molar-refractivity contribution in [3.05, 3.63) is 34.4 Å². The van der Waals surface area contributed by atoms with Crippen LogP contribution >= 0.6 is 0 Å². The molecule has 0 radical (unpaired) electrons. The second-order valence-corrected chi connectivity index (χ2v) is 2.94. The lowest BCUT2D eigenvalue weighted by Gasteiger charge is -2.04. The monoisotopic (exact) mass is 147 g/mol. The first-order valence-electron chi connectivity index (χ1n) is 3.73. The van der Waals surface area contributed by atoms with Gasteiger partial charge in [-0.3, -0.25) is 0 Å². The van der Waals surface area contributed by atoms with E-state index < -0.39 is 0 Å². The van der Waals surface area contributed by atoms with E-state index in [1.807, 2.05) is 6.92 Å². The summed E-state index contributed by atoms with van der Waals surface area (Å²) in [5.41, 5.74) is 4.76. The summed E-state index contributed by atoms with van der Waals surface area (Å²) in [5, 5.41) is 7.13. The molecule has 1 aromatic rings. The number of nitrogens with one attached hydrogen (secondary N) is 1.